The molecule has 0 amide bonds. The van der Waals surface area contributed by atoms with E-state index in [0.717, 1.165) is 18.0 Å². The summed E-state index contributed by atoms with van der Waals surface area (Å²) < 4.78 is 38.5. The van der Waals surface area contributed by atoms with Crippen molar-refractivity contribution in [3.8, 4) is 0 Å². The van der Waals surface area contributed by atoms with Crippen LogP contribution in [0.25, 0.3) is 0 Å². The van der Waals surface area contributed by atoms with E-state index >= 15 is 0 Å². The highest BCUT2D eigenvalue weighted by Crippen LogP contribution is 2.34. The molecule has 2 aromatic rings. The van der Waals surface area contributed by atoms with Gasteiger partial charge in [-0.05, 0) is 35.0 Å². The maximum atomic E-state index is 12.7. The van der Waals surface area contributed by atoms with Crippen LogP contribution in [0, 0.1) is 6.92 Å². The van der Waals surface area contributed by atoms with Crippen molar-refractivity contribution in [3.05, 3.63) is 40.3 Å². The molecule has 0 atom stereocenters. The molecule has 0 saturated carbocycles. The SMILES string of the molecule is Cc1ccnc(N2CCN(c3ncc(C(F)(F)F)cc3Br)CC2)n1. The zero-order valence-electron chi connectivity index (χ0n) is 12.9. The first kappa shape index (κ1) is 16.9. The number of anilines is 2. The van der Waals surface area contributed by atoms with Crippen molar-refractivity contribution in [2.75, 3.05) is 36.0 Å². The topological polar surface area (TPSA) is 45.2 Å². The first-order chi connectivity index (χ1) is 11.3. The molecule has 1 aliphatic heterocycles. The van der Waals surface area contributed by atoms with Crippen LogP contribution in [0.4, 0.5) is 24.9 Å². The lowest BCUT2D eigenvalue weighted by atomic mass is 10.2. The molecule has 0 unspecified atom stereocenters. The number of rotatable bonds is 2. The summed E-state index contributed by atoms with van der Waals surface area (Å²) in [7, 11) is 0. The number of piperazine rings is 1. The molecular formula is C15H15BrF3N5. The van der Waals surface area contributed by atoms with Crippen molar-refractivity contribution in [2.45, 2.75) is 13.1 Å². The first-order valence-corrected chi connectivity index (χ1v) is 8.16. The molecule has 128 valence electrons. The van der Waals surface area contributed by atoms with Gasteiger partial charge in [-0.15, -0.1) is 0 Å². The molecule has 0 radical (unpaired) electrons. The van der Waals surface area contributed by atoms with Crippen molar-refractivity contribution in [1.82, 2.24) is 15.0 Å². The Kier molecular flexibility index (Phi) is 4.62. The molecule has 2 aromatic heterocycles. The Hall–Kier alpha value is -1.90. The van der Waals surface area contributed by atoms with Crippen LogP contribution >= 0.6 is 15.9 Å². The van der Waals surface area contributed by atoms with E-state index in [0.29, 0.717) is 42.4 Å². The third kappa shape index (κ3) is 3.61. The van der Waals surface area contributed by atoms with Crippen molar-refractivity contribution >= 4 is 27.7 Å². The lowest BCUT2D eigenvalue weighted by molar-refractivity contribution is -0.137. The maximum Gasteiger partial charge on any atom is 0.417 e. The maximum absolute atomic E-state index is 12.7. The van der Waals surface area contributed by atoms with Gasteiger partial charge in [-0.25, -0.2) is 15.0 Å². The van der Waals surface area contributed by atoms with E-state index in [1.54, 1.807) is 6.20 Å². The van der Waals surface area contributed by atoms with Crippen LogP contribution in [-0.2, 0) is 6.18 Å². The average molecular weight is 402 g/mol. The molecule has 0 aliphatic carbocycles. The van der Waals surface area contributed by atoms with Gasteiger partial charge in [0.1, 0.15) is 5.82 Å². The third-order valence-corrected chi connectivity index (χ3v) is 4.38. The summed E-state index contributed by atoms with van der Waals surface area (Å²) in [6.45, 7) is 4.53. The van der Waals surface area contributed by atoms with Crippen molar-refractivity contribution < 1.29 is 13.2 Å². The molecule has 3 heterocycles. The van der Waals surface area contributed by atoms with Crippen LogP contribution in [0.3, 0.4) is 0 Å². The zero-order valence-corrected chi connectivity index (χ0v) is 14.5. The molecule has 3 rings (SSSR count). The Labute approximate surface area is 145 Å². The van der Waals surface area contributed by atoms with Crippen LogP contribution < -0.4 is 9.80 Å². The highest BCUT2D eigenvalue weighted by atomic mass is 79.9. The predicted octanol–water partition coefficient (Wildman–Crippen LogP) is 3.29. The van der Waals surface area contributed by atoms with Gasteiger partial charge in [0.25, 0.3) is 0 Å². The smallest absolute Gasteiger partial charge is 0.352 e. The summed E-state index contributed by atoms with van der Waals surface area (Å²) >= 11 is 3.20. The average Bonchev–Trinajstić information content (AvgIpc) is 2.54. The monoisotopic (exact) mass is 401 g/mol. The molecule has 0 spiro atoms. The molecule has 0 bridgehead atoms. The number of hydrogen-bond donors (Lipinski definition) is 0. The quantitative estimate of drug-likeness (QED) is 0.772. The minimum Gasteiger partial charge on any atom is -0.352 e. The highest BCUT2D eigenvalue weighted by Gasteiger charge is 2.32. The lowest BCUT2D eigenvalue weighted by Crippen LogP contribution is -2.47. The number of nitrogens with zero attached hydrogens (tertiary/aromatic N) is 5. The second kappa shape index (κ2) is 6.54. The molecule has 1 fully saturated rings. The molecule has 5 nitrogen and oxygen atoms in total. The second-order valence-electron chi connectivity index (χ2n) is 5.50. The van der Waals surface area contributed by atoms with Crippen LogP contribution in [0.1, 0.15) is 11.3 Å². The largest absolute Gasteiger partial charge is 0.417 e. The van der Waals surface area contributed by atoms with Gasteiger partial charge in [0, 0.05) is 44.3 Å². The van der Waals surface area contributed by atoms with Crippen LogP contribution in [0.2, 0.25) is 0 Å². The van der Waals surface area contributed by atoms with Crippen LogP contribution in [0.5, 0.6) is 0 Å². The van der Waals surface area contributed by atoms with Gasteiger partial charge in [-0.2, -0.15) is 13.2 Å². The Bertz CT molecular complexity index is 729. The molecule has 0 aromatic carbocycles. The van der Waals surface area contributed by atoms with Crippen molar-refractivity contribution in [2.24, 2.45) is 0 Å². The Morgan fingerprint density at radius 3 is 2.33 bits per heavy atom. The Morgan fingerprint density at radius 1 is 1.08 bits per heavy atom. The van der Waals surface area contributed by atoms with Gasteiger partial charge in [0.05, 0.1) is 10.0 Å². The van der Waals surface area contributed by atoms with E-state index in [9.17, 15) is 13.2 Å². The Morgan fingerprint density at radius 2 is 1.75 bits per heavy atom. The summed E-state index contributed by atoms with van der Waals surface area (Å²) in [5.41, 5.74) is 0.138. The Balaban J connectivity index is 1.71. The summed E-state index contributed by atoms with van der Waals surface area (Å²) in [5.74, 6) is 1.20. The standard InChI is InChI=1S/C15H15BrF3N5/c1-10-2-3-20-14(22-10)24-6-4-23(5-7-24)13-12(16)8-11(9-21-13)15(17,18)19/h2-3,8-9H,4-7H2,1H3. The van der Waals surface area contributed by atoms with Crippen LogP contribution in [0.15, 0.2) is 29.0 Å². The van der Waals surface area contributed by atoms with E-state index in [1.165, 1.54) is 0 Å². The first-order valence-electron chi connectivity index (χ1n) is 7.37. The molecular weight excluding hydrogens is 387 g/mol. The molecule has 1 aliphatic rings. The fourth-order valence-electron chi connectivity index (χ4n) is 2.52. The minimum absolute atomic E-state index is 0.345. The summed E-state index contributed by atoms with van der Waals surface area (Å²) in [6.07, 6.45) is -1.80. The number of hydrogen-bond acceptors (Lipinski definition) is 5. The number of alkyl halides is 3. The second-order valence-corrected chi connectivity index (χ2v) is 6.35. The summed E-state index contributed by atoms with van der Waals surface area (Å²) in [6, 6.07) is 2.90. The molecule has 0 N–H and O–H groups in total. The van der Waals surface area contributed by atoms with E-state index < -0.39 is 11.7 Å². The van der Waals surface area contributed by atoms with E-state index in [2.05, 4.69) is 35.8 Å². The van der Waals surface area contributed by atoms with Crippen LogP contribution in [-0.4, -0.2) is 41.1 Å². The van der Waals surface area contributed by atoms with E-state index in [4.69, 9.17) is 0 Å². The minimum atomic E-state index is -4.39. The predicted molar refractivity (Wildman–Crippen MR) is 88.1 cm³/mol. The van der Waals surface area contributed by atoms with Gasteiger partial charge < -0.3 is 9.80 Å². The number of aromatic nitrogens is 3. The number of halogens is 4. The number of pyridine rings is 1. The van der Waals surface area contributed by atoms with Gasteiger partial charge >= 0.3 is 6.18 Å². The zero-order chi connectivity index (χ0) is 17.3. The summed E-state index contributed by atoms with van der Waals surface area (Å²) in [4.78, 5) is 16.7. The van der Waals surface area contributed by atoms with E-state index in [-0.39, 0.29) is 0 Å². The molecule has 24 heavy (non-hydrogen) atoms. The van der Waals surface area contributed by atoms with Gasteiger partial charge in [0.15, 0.2) is 0 Å². The van der Waals surface area contributed by atoms with Gasteiger partial charge in [-0.1, -0.05) is 0 Å². The fourth-order valence-corrected chi connectivity index (χ4v) is 3.12. The van der Waals surface area contributed by atoms with E-state index in [1.807, 2.05) is 17.9 Å². The normalized spacial score (nSPS) is 15.7. The molecule has 9 heteroatoms. The van der Waals surface area contributed by atoms with Gasteiger partial charge in [0.2, 0.25) is 5.95 Å². The van der Waals surface area contributed by atoms with Crippen molar-refractivity contribution in [1.29, 1.82) is 0 Å². The molecule has 1 saturated heterocycles. The lowest BCUT2D eigenvalue weighted by Gasteiger charge is -2.35. The summed E-state index contributed by atoms with van der Waals surface area (Å²) in [5, 5.41) is 0. The fraction of sp³-hybridized carbons (Fsp3) is 0.400. The van der Waals surface area contributed by atoms with Gasteiger partial charge in [-0.3, -0.25) is 0 Å². The third-order valence-electron chi connectivity index (χ3n) is 3.79. The van der Waals surface area contributed by atoms with Crippen molar-refractivity contribution in [3.63, 3.8) is 0 Å². The number of aryl methyl sites for hydroxylation is 1. The highest BCUT2D eigenvalue weighted by molar-refractivity contribution is 9.10.